The molecule has 1 aromatic heterocycles. The van der Waals surface area contributed by atoms with Crippen molar-refractivity contribution >= 4 is 17.3 Å². The Morgan fingerprint density at radius 1 is 1.19 bits per heavy atom. The number of benzene rings is 1. The predicted octanol–water partition coefficient (Wildman–Crippen LogP) is 2.66. The third-order valence-corrected chi connectivity index (χ3v) is 3.99. The van der Waals surface area contributed by atoms with Gasteiger partial charge < -0.3 is 15.4 Å². The van der Waals surface area contributed by atoms with E-state index in [-0.39, 0.29) is 0 Å². The van der Waals surface area contributed by atoms with E-state index in [9.17, 15) is 0 Å². The largest absolute Gasteiger partial charge is 0.496 e. The van der Waals surface area contributed by atoms with Gasteiger partial charge >= 0.3 is 0 Å². The van der Waals surface area contributed by atoms with E-state index in [2.05, 4.69) is 39.2 Å². The molecule has 2 N–H and O–H groups in total. The smallest absolute Gasteiger partial charge is 0.191 e. The second kappa shape index (κ2) is 8.32. The van der Waals surface area contributed by atoms with Crippen LogP contribution < -0.4 is 15.4 Å². The summed E-state index contributed by atoms with van der Waals surface area (Å²) in [5, 5.41) is 8.70. The molecule has 0 amide bonds. The molecule has 0 aliphatic rings. The van der Waals surface area contributed by atoms with Crippen LogP contribution in [0.3, 0.4) is 0 Å². The first-order chi connectivity index (χ1) is 10.3. The van der Waals surface area contributed by atoms with E-state index < -0.39 is 0 Å². The van der Waals surface area contributed by atoms with Gasteiger partial charge in [0.25, 0.3) is 0 Å². The maximum absolute atomic E-state index is 5.35. The summed E-state index contributed by atoms with van der Waals surface area (Å²) < 4.78 is 5.35. The van der Waals surface area contributed by atoms with Crippen LogP contribution in [0.15, 0.2) is 46.8 Å². The molecule has 1 heterocycles. The van der Waals surface area contributed by atoms with Crippen LogP contribution in [0.2, 0.25) is 0 Å². The molecule has 2 rings (SSSR count). The molecule has 0 aliphatic heterocycles. The molecule has 0 atom stereocenters. The number of guanidine groups is 1. The molecule has 1 aromatic carbocycles. The zero-order valence-electron chi connectivity index (χ0n) is 12.4. The number of thiophene rings is 1. The first-order valence-corrected chi connectivity index (χ1v) is 7.80. The molecule has 0 radical (unpaired) electrons. The lowest BCUT2D eigenvalue weighted by Crippen LogP contribution is -2.37. The molecule has 2 aromatic rings. The highest BCUT2D eigenvalue weighted by Crippen LogP contribution is 2.17. The Morgan fingerprint density at radius 3 is 2.76 bits per heavy atom. The van der Waals surface area contributed by atoms with Crippen LogP contribution in [-0.2, 0) is 13.0 Å². The van der Waals surface area contributed by atoms with Crippen LogP contribution in [0, 0.1) is 0 Å². The molecular weight excluding hydrogens is 282 g/mol. The number of rotatable bonds is 6. The van der Waals surface area contributed by atoms with E-state index in [1.54, 1.807) is 25.5 Å². The maximum Gasteiger partial charge on any atom is 0.191 e. The van der Waals surface area contributed by atoms with Crippen LogP contribution in [0.4, 0.5) is 0 Å². The number of nitrogens with one attached hydrogen (secondary N) is 2. The van der Waals surface area contributed by atoms with Gasteiger partial charge in [0.15, 0.2) is 5.96 Å². The van der Waals surface area contributed by atoms with Gasteiger partial charge in [0.1, 0.15) is 5.75 Å². The summed E-state index contributed by atoms with van der Waals surface area (Å²) in [7, 11) is 3.49. The minimum Gasteiger partial charge on any atom is -0.496 e. The van der Waals surface area contributed by atoms with Gasteiger partial charge in [0, 0.05) is 18.5 Å². The van der Waals surface area contributed by atoms with Crippen LogP contribution in [0.25, 0.3) is 0 Å². The second-order valence-corrected chi connectivity index (χ2v) is 5.53. The van der Waals surface area contributed by atoms with E-state index in [1.165, 1.54) is 10.4 Å². The van der Waals surface area contributed by atoms with Gasteiger partial charge in [-0.2, -0.15) is 0 Å². The van der Waals surface area contributed by atoms with Gasteiger partial charge in [0.05, 0.1) is 13.7 Å². The monoisotopic (exact) mass is 303 g/mol. The molecule has 4 nitrogen and oxygen atoms in total. The van der Waals surface area contributed by atoms with Crippen molar-refractivity contribution in [3.63, 3.8) is 0 Å². The zero-order chi connectivity index (χ0) is 14.9. The van der Waals surface area contributed by atoms with E-state index in [4.69, 9.17) is 4.74 Å². The van der Waals surface area contributed by atoms with Crippen molar-refractivity contribution in [3.05, 3.63) is 52.2 Å². The lowest BCUT2D eigenvalue weighted by Gasteiger charge is -2.12. The Morgan fingerprint density at radius 2 is 2.05 bits per heavy atom. The fraction of sp³-hybridized carbons (Fsp3) is 0.312. The van der Waals surface area contributed by atoms with Gasteiger partial charge in [-0.1, -0.05) is 24.3 Å². The Bertz CT molecular complexity index is 567. The zero-order valence-corrected chi connectivity index (χ0v) is 13.2. The number of para-hydroxylation sites is 1. The Labute approximate surface area is 129 Å². The number of hydrogen-bond donors (Lipinski definition) is 2. The van der Waals surface area contributed by atoms with Gasteiger partial charge in [0.2, 0.25) is 0 Å². The predicted molar refractivity (Wildman–Crippen MR) is 89.2 cm³/mol. The van der Waals surface area contributed by atoms with Crippen molar-refractivity contribution in [2.45, 2.75) is 13.0 Å². The van der Waals surface area contributed by atoms with Crippen LogP contribution in [0.5, 0.6) is 5.75 Å². The van der Waals surface area contributed by atoms with Crippen LogP contribution in [-0.4, -0.2) is 26.7 Å². The van der Waals surface area contributed by atoms with Gasteiger partial charge in [-0.15, -0.1) is 11.3 Å². The molecule has 0 aliphatic carbocycles. The van der Waals surface area contributed by atoms with Crippen molar-refractivity contribution in [1.82, 2.24) is 10.6 Å². The normalized spacial score (nSPS) is 11.2. The topological polar surface area (TPSA) is 45.7 Å². The average molecular weight is 303 g/mol. The standard InChI is InChI=1S/C16H21N3OS/c1-17-16(19-12-14-7-5-11-21-14)18-10-9-13-6-3-4-8-15(13)20-2/h3-8,11H,9-10,12H2,1-2H3,(H2,17,18,19). The van der Waals surface area contributed by atoms with Crippen molar-refractivity contribution in [3.8, 4) is 5.75 Å². The van der Waals surface area contributed by atoms with Crippen LogP contribution >= 0.6 is 11.3 Å². The summed E-state index contributed by atoms with van der Waals surface area (Å²) in [5.74, 6) is 1.75. The molecule has 0 saturated heterocycles. The fourth-order valence-electron chi connectivity index (χ4n) is 2.03. The number of ether oxygens (including phenoxy) is 1. The first kappa shape index (κ1) is 15.4. The quantitative estimate of drug-likeness (QED) is 0.637. The molecule has 0 bridgehead atoms. The Hall–Kier alpha value is -2.01. The van der Waals surface area contributed by atoms with Crippen molar-refractivity contribution in [1.29, 1.82) is 0 Å². The van der Waals surface area contributed by atoms with Gasteiger partial charge in [-0.25, -0.2) is 0 Å². The molecule has 112 valence electrons. The molecule has 21 heavy (non-hydrogen) atoms. The summed E-state index contributed by atoms with van der Waals surface area (Å²) >= 11 is 1.74. The van der Waals surface area contributed by atoms with E-state index in [1.807, 2.05) is 18.2 Å². The summed E-state index contributed by atoms with van der Waals surface area (Å²) in [6.07, 6.45) is 0.893. The Kier molecular flexibility index (Phi) is 6.09. The van der Waals surface area contributed by atoms with Crippen molar-refractivity contribution in [2.75, 3.05) is 20.7 Å². The summed E-state index contributed by atoms with van der Waals surface area (Å²) in [6.45, 7) is 1.61. The fourth-order valence-corrected chi connectivity index (χ4v) is 2.67. The number of methoxy groups -OCH3 is 1. The molecule has 0 spiro atoms. The molecule has 5 heteroatoms. The third-order valence-electron chi connectivity index (χ3n) is 3.11. The number of nitrogens with zero attached hydrogens (tertiary/aromatic N) is 1. The molecule has 0 fully saturated rings. The minimum atomic E-state index is 0.798. The summed E-state index contributed by atoms with van der Waals surface area (Å²) in [6, 6.07) is 12.2. The Balaban J connectivity index is 1.78. The molecular formula is C16H21N3OS. The highest BCUT2D eigenvalue weighted by Gasteiger charge is 2.02. The summed E-state index contributed by atoms with van der Waals surface area (Å²) in [4.78, 5) is 5.52. The lowest BCUT2D eigenvalue weighted by molar-refractivity contribution is 0.409. The SMILES string of the molecule is CN=C(NCCc1ccccc1OC)NCc1cccs1. The van der Waals surface area contributed by atoms with E-state index in [0.717, 1.165) is 31.2 Å². The summed E-state index contributed by atoms with van der Waals surface area (Å²) in [5.41, 5.74) is 1.20. The van der Waals surface area contributed by atoms with Gasteiger partial charge in [-0.05, 0) is 29.5 Å². The van der Waals surface area contributed by atoms with Crippen LogP contribution in [0.1, 0.15) is 10.4 Å². The van der Waals surface area contributed by atoms with Crippen molar-refractivity contribution < 1.29 is 4.74 Å². The number of aliphatic imine (C=N–C) groups is 1. The molecule has 0 saturated carbocycles. The van der Waals surface area contributed by atoms with E-state index in [0.29, 0.717) is 0 Å². The number of hydrogen-bond acceptors (Lipinski definition) is 3. The second-order valence-electron chi connectivity index (χ2n) is 4.49. The van der Waals surface area contributed by atoms with Crippen molar-refractivity contribution in [2.24, 2.45) is 4.99 Å². The molecule has 0 unspecified atom stereocenters. The minimum absolute atomic E-state index is 0.798. The average Bonchev–Trinajstić information content (AvgIpc) is 3.04. The third kappa shape index (κ3) is 4.79. The van der Waals surface area contributed by atoms with E-state index >= 15 is 0 Å². The highest BCUT2D eigenvalue weighted by molar-refractivity contribution is 7.09. The first-order valence-electron chi connectivity index (χ1n) is 6.92. The highest BCUT2D eigenvalue weighted by atomic mass is 32.1. The lowest BCUT2D eigenvalue weighted by atomic mass is 10.1. The van der Waals surface area contributed by atoms with Gasteiger partial charge in [-0.3, -0.25) is 4.99 Å². The maximum atomic E-state index is 5.35.